The summed E-state index contributed by atoms with van der Waals surface area (Å²) in [7, 11) is 0. The van der Waals surface area contributed by atoms with Gasteiger partial charge in [-0.25, -0.2) is 0 Å². The molecule has 0 amide bonds. The Balaban J connectivity index is 3.06. The number of benzene rings is 1. The quantitative estimate of drug-likeness (QED) is 0.475. The summed E-state index contributed by atoms with van der Waals surface area (Å²) in [6.07, 6.45) is -4.85. The third kappa shape index (κ3) is 3.53. The average Bonchev–Trinajstić information content (AvgIpc) is 2.06. The van der Waals surface area contributed by atoms with Crippen molar-refractivity contribution in [1.29, 1.82) is 0 Å². The summed E-state index contributed by atoms with van der Waals surface area (Å²) in [5, 5.41) is 10.3. The van der Waals surface area contributed by atoms with Crippen LogP contribution in [0.3, 0.4) is 0 Å². The van der Waals surface area contributed by atoms with E-state index in [2.05, 4.69) is 4.74 Å². The number of nitro groups is 1. The summed E-state index contributed by atoms with van der Waals surface area (Å²) in [6.45, 7) is 0. The van der Waals surface area contributed by atoms with Crippen LogP contribution in [0.15, 0.2) is 18.2 Å². The lowest BCUT2D eigenvalue weighted by atomic mass is 10.3. The van der Waals surface area contributed by atoms with Crippen molar-refractivity contribution >= 4 is 28.3 Å². The summed E-state index contributed by atoms with van der Waals surface area (Å²) >= 11 is 1.59. The van der Waals surface area contributed by atoms with E-state index < -0.39 is 22.7 Å². The maximum Gasteiger partial charge on any atom is 0.573 e. The molecule has 82 valence electrons. The minimum atomic E-state index is -4.85. The average molecular weight is 333 g/mol. The first-order valence-electron chi connectivity index (χ1n) is 3.49. The zero-order valence-corrected chi connectivity index (χ0v) is 9.07. The summed E-state index contributed by atoms with van der Waals surface area (Å²) in [5.41, 5.74) is -0.449. The lowest BCUT2D eigenvalue weighted by molar-refractivity contribution is -0.385. The maximum absolute atomic E-state index is 11.9. The molecule has 0 aliphatic heterocycles. The Morgan fingerprint density at radius 3 is 2.47 bits per heavy atom. The van der Waals surface area contributed by atoms with Crippen LogP contribution in [-0.2, 0) is 0 Å². The van der Waals surface area contributed by atoms with E-state index in [4.69, 9.17) is 0 Å². The van der Waals surface area contributed by atoms with Gasteiger partial charge in [0.1, 0.15) is 5.75 Å². The largest absolute Gasteiger partial charge is 0.573 e. The number of rotatable bonds is 2. The van der Waals surface area contributed by atoms with Gasteiger partial charge in [0.25, 0.3) is 5.69 Å². The minimum absolute atomic E-state index is 0.149. The van der Waals surface area contributed by atoms with Crippen LogP contribution in [0.1, 0.15) is 0 Å². The van der Waals surface area contributed by atoms with Gasteiger partial charge in [0.2, 0.25) is 0 Å². The molecule has 0 aliphatic rings. The number of hydrogen-bond donors (Lipinski definition) is 0. The van der Waals surface area contributed by atoms with Crippen molar-refractivity contribution in [1.82, 2.24) is 0 Å². The van der Waals surface area contributed by atoms with E-state index in [1.165, 1.54) is 6.07 Å². The lowest BCUT2D eigenvalue weighted by Crippen LogP contribution is -2.17. The van der Waals surface area contributed by atoms with E-state index in [1.54, 1.807) is 22.6 Å². The van der Waals surface area contributed by atoms with Gasteiger partial charge in [0, 0.05) is 6.07 Å². The zero-order valence-electron chi connectivity index (χ0n) is 6.92. The van der Waals surface area contributed by atoms with E-state index in [9.17, 15) is 23.3 Å². The monoisotopic (exact) mass is 333 g/mol. The van der Waals surface area contributed by atoms with Crippen LogP contribution >= 0.6 is 22.6 Å². The topological polar surface area (TPSA) is 52.4 Å². The highest BCUT2D eigenvalue weighted by Crippen LogP contribution is 2.30. The predicted octanol–water partition coefficient (Wildman–Crippen LogP) is 3.10. The van der Waals surface area contributed by atoms with E-state index in [1.807, 2.05) is 0 Å². The smallest absolute Gasteiger partial charge is 0.404 e. The van der Waals surface area contributed by atoms with Crippen molar-refractivity contribution in [2.45, 2.75) is 6.36 Å². The molecular formula is C7H3F3INO3. The molecule has 0 saturated carbocycles. The molecule has 1 rings (SSSR count). The second-order valence-electron chi connectivity index (χ2n) is 2.42. The molecule has 0 aromatic heterocycles. The van der Waals surface area contributed by atoms with Gasteiger partial charge in [-0.15, -0.1) is 13.2 Å². The third-order valence-electron chi connectivity index (χ3n) is 1.35. The molecule has 4 nitrogen and oxygen atoms in total. The Kier molecular flexibility index (Phi) is 3.37. The molecule has 0 saturated heterocycles. The molecule has 0 N–H and O–H groups in total. The van der Waals surface area contributed by atoms with Gasteiger partial charge >= 0.3 is 6.36 Å². The Morgan fingerprint density at radius 1 is 1.40 bits per heavy atom. The Morgan fingerprint density at radius 2 is 2.00 bits per heavy atom. The van der Waals surface area contributed by atoms with Crippen molar-refractivity contribution in [2.75, 3.05) is 0 Å². The normalized spacial score (nSPS) is 11.2. The molecule has 0 heterocycles. The number of nitrogens with zero attached hydrogens (tertiary/aromatic N) is 1. The van der Waals surface area contributed by atoms with Crippen LogP contribution in [0, 0.1) is 13.7 Å². The highest BCUT2D eigenvalue weighted by molar-refractivity contribution is 14.1. The predicted molar refractivity (Wildman–Crippen MR) is 52.5 cm³/mol. The van der Waals surface area contributed by atoms with E-state index in [-0.39, 0.29) is 3.57 Å². The third-order valence-corrected chi connectivity index (χ3v) is 2.24. The van der Waals surface area contributed by atoms with E-state index in [0.717, 1.165) is 12.1 Å². The van der Waals surface area contributed by atoms with Crippen LogP contribution in [0.2, 0.25) is 0 Å². The van der Waals surface area contributed by atoms with Crippen LogP contribution < -0.4 is 4.74 Å². The van der Waals surface area contributed by atoms with E-state index in [0.29, 0.717) is 0 Å². The van der Waals surface area contributed by atoms with Crippen LogP contribution in [0.4, 0.5) is 18.9 Å². The molecular weight excluding hydrogens is 330 g/mol. The Labute approximate surface area is 95.3 Å². The first-order chi connectivity index (χ1) is 6.79. The summed E-state index contributed by atoms with van der Waals surface area (Å²) < 4.78 is 39.3. The molecule has 0 radical (unpaired) electrons. The fourth-order valence-electron chi connectivity index (χ4n) is 0.809. The first-order valence-corrected chi connectivity index (χ1v) is 4.57. The molecule has 0 fully saturated rings. The summed E-state index contributed by atoms with van der Waals surface area (Å²) in [4.78, 5) is 9.50. The number of nitro benzene ring substituents is 1. The number of halogens is 4. The fourth-order valence-corrected chi connectivity index (χ4v) is 1.25. The van der Waals surface area contributed by atoms with Crippen molar-refractivity contribution in [2.24, 2.45) is 0 Å². The second-order valence-corrected chi connectivity index (χ2v) is 3.58. The minimum Gasteiger partial charge on any atom is -0.404 e. The summed E-state index contributed by atoms with van der Waals surface area (Å²) in [5.74, 6) is -0.572. The number of non-ortho nitro benzene ring substituents is 1. The first kappa shape index (κ1) is 12.0. The molecule has 15 heavy (non-hydrogen) atoms. The SMILES string of the molecule is O=[N+]([O-])c1ccc(I)c(OC(F)(F)F)c1. The maximum atomic E-state index is 11.9. The highest BCUT2D eigenvalue weighted by atomic mass is 127. The molecule has 0 atom stereocenters. The lowest BCUT2D eigenvalue weighted by Gasteiger charge is -2.09. The van der Waals surface area contributed by atoms with Gasteiger partial charge in [-0.3, -0.25) is 10.1 Å². The number of hydrogen-bond acceptors (Lipinski definition) is 3. The second kappa shape index (κ2) is 4.21. The van der Waals surface area contributed by atoms with Gasteiger partial charge in [0.05, 0.1) is 14.6 Å². The molecule has 0 aliphatic carbocycles. The summed E-state index contributed by atoms with van der Waals surface area (Å²) in [6, 6.07) is 3.01. The van der Waals surface area contributed by atoms with Gasteiger partial charge in [-0.05, 0) is 28.7 Å². The van der Waals surface area contributed by atoms with Crippen molar-refractivity contribution in [3.63, 3.8) is 0 Å². The van der Waals surface area contributed by atoms with Crippen LogP contribution in [-0.4, -0.2) is 11.3 Å². The van der Waals surface area contributed by atoms with Crippen molar-refractivity contribution in [3.05, 3.63) is 31.9 Å². The molecule has 0 bridgehead atoms. The Hall–Kier alpha value is -1.06. The van der Waals surface area contributed by atoms with Crippen molar-refractivity contribution in [3.8, 4) is 5.75 Å². The fraction of sp³-hybridized carbons (Fsp3) is 0.143. The zero-order chi connectivity index (χ0) is 11.6. The standard InChI is InChI=1S/C7H3F3INO3/c8-7(9,10)15-6-3-4(12(13)14)1-2-5(6)11/h1-3H. The molecule has 0 spiro atoms. The van der Waals surface area contributed by atoms with Gasteiger partial charge in [0.15, 0.2) is 0 Å². The molecule has 1 aromatic carbocycles. The Bertz CT molecular complexity index is 394. The van der Waals surface area contributed by atoms with Crippen molar-refractivity contribution < 1.29 is 22.8 Å². The molecule has 1 aromatic rings. The van der Waals surface area contributed by atoms with Gasteiger partial charge in [-0.2, -0.15) is 0 Å². The molecule has 0 unspecified atom stereocenters. The number of alkyl halides is 3. The van der Waals surface area contributed by atoms with Crippen LogP contribution in [0.5, 0.6) is 5.75 Å². The highest BCUT2D eigenvalue weighted by Gasteiger charge is 2.32. The van der Waals surface area contributed by atoms with Gasteiger partial charge in [-0.1, -0.05) is 0 Å². The van der Waals surface area contributed by atoms with Crippen LogP contribution in [0.25, 0.3) is 0 Å². The number of ether oxygens (including phenoxy) is 1. The van der Waals surface area contributed by atoms with E-state index >= 15 is 0 Å². The van der Waals surface area contributed by atoms with Gasteiger partial charge < -0.3 is 4.74 Å². The molecule has 8 heteroatoms.